The molecule has 0 aliphatic rings. The van der Waals surface area contributed by atoms with E-state index >= 15 is 0 Å². The first-order chi connectivity index (χ1) is 7.86. The van der Waals surface area contributed by atoms with E-state index in [4.69, 9.17) is 21.7 Å². The van der Waals surface area contributed by atoms with Gasteiger partial charge < -0.3 is 21.7 Å². The molecule has 2 unspecified atom stereocenters. The SMILES string of the molecule is CCC(O)N(C)C.NCCCCC(N)C(=O)O. The highest BCUT2D eigenvalue weighted by Crippen LogP contribution is 1.97. The van der Waals surface area contributed by atoms with E-state index < -0.39 is 12.0 Å². The summed E-state index contributed by atoms with van der Waals surface area (Å²) in [5.74, 6) is -0.933. The number of carboxylic acids is 1. The molecule has 0 saturated carbocycles. The van der Waals surface area contributed by atoms with Crippen molar-refractivity contribution in [1.82, 2.24) is 4.90 Å². The number of aliphatic carboxylic acids is 1. The van der Waals surface area contributed by atoms with Crippen molar-refractivity contribution >= 4 is 5.97 Å². The molecule has 0 rings (SSSR count). The fourth-order valence-corrected chi connectivity index (χ4v) is 0.997. The lowest BCUT2D eigenvalue weighted by Crippen LogP contribution is -2.29. The zero-order chi connectivity index (χ0) is 13.8. The molecule has 0 aromatic rings. The van der Waals surface area contributed by atoms with Crippen LogP contribution in [-0.4, -0.2) is 54.0 Å². The highest BCUT2D eigenvalue weighted by Gasteiger charge is 2.09. The molecule has 0 aromatic heterocycles. The standard InChI is InChI=1S/C6H14N2O2.C5H13NO/c7-4-2-1-3-5(8)6(9)10;1-4-5(7)6(2)3/h5H,1-4,7-8H2,(H,9,10);5,7H,4H2,1-3H3. The molecule has 17 heavy (non-hydrogen) atoms. The van der Waals surface area contributed by atoms with Crippen LogP contribution in [0, 0.1) is 0 Å². The lowest BCUT2D eigenvalue weighted by molar-refractivity contribution is -0.138. The van der Waals surface area contributed by atoms with Gasteiger partial charge >= 0.3 is 5.97 Å². The average Bonchev–Trinajstić information content (AvgIpc) is 2.28. The Morgan fingerprint density at radius 1 is 1.35 bits per heavy atom. The van der Waals surface area contributed by atoms with Gasteiger partial charge in [0.15, 0.2) is 0 Å². The molecule has 0 heterocycles. The van der Waals surface area contributed by atoms with Crippen LogP contribution in [0.5, 0.6) is 0 Å². The molecule has 0 spiro atoms. The summed E-state index contributed by atoms with van der Waals surface area (Å²) >= 11 is 0. The van der Waals surface area contributed by atoms with Crippen molar-refractivity contribution in [1.29, 1.82) is 0 Å². The number of carboxylic acid groups (broad SMARTS) is 1. The van der Waals surface area contributed by atoms with Gasteiger partial charge in [0.1, 0.15) is 12.3 Å². The van der Waals surface area contributed by atoms with E-state index in [2.05, 4.69) is 0 Å². The number of aliphatic hydroxyl groups excluding tert-OH is 1. The van der Waals surface area contributed by atoms with Crippen molar-refractivity contribution in [3.8, 4) is 0 Å². The van der Waals surface area contributed by atoms with Crippen molar-refractivity contribution in [2.45, 2.75) is 44.9 Å². The van der Waals surface area contributed by atoms with E-state index in [0.717, 1.165) is 19.3 Å². The van der Waals surface area contributed by atoms with Crippen LogP contribution in [0.1, 0.15) is 32.6 Å². The zero-order valence-corrected chi connectivity index (χ0v) is 11.1. The number of unbranched alkanes of at least 4 members (excludes halogenated alkanes) is 1. The van der Waals surface area contributed by atoms with E-state index in [1.807, 2.05) is 21.0 Å². The monoisotopic (exact) mass is 249 g/mol. The Bertz CT molecular complexity index is 189. The van der Waals surface area contributed by atoms with Crippen LogP contribution in [-0.2, 0) is 4.79 Å². The van der Waals surface area contributed by atoms with E-state index in [9.17, 15) is 4.79 Å². The highest BCUT2D eigenvalue weighted by atomic mass is 16.4. The molecular weight excluding hydrogens is 222 g/mol. The Kier molecular flexibility index (Phi) is 12.9. The summed E-state index contributed by atoms with van der Waals surface area (Å²) in [6, 6.07) is -0.716. The predicted molar refractivity (Wildman–Crippen MR) is 68.5 cm³/mol. The van der Waals surface area contributed by atoms with E-state index in [1.54, 1.807) is 4.90 Å². The van der Waals surface area contributed by atoms with Crippen molar-refractivity contribution in [2.24, 2.45) is 11.5 Å². The number of nitrogens with two attached hydrogens (primary N) is 2. The van der Waals surface area contributed by atoms with E-state index in [0.29, 0.717) is 13.0 Å². The van der Waals surface area contributed by atoms with Gasteiger partial charge in [-0.15, -0.1) is 0 Å². The number of nitrogens with zero attached hydrogens (tertiary/aromatic N) is 1. The van der Waals surface area contributed by atoms with Crippen LogP contribution >= 0.6 is 0 Å². The summed E-state index contributed by atoms with van der Waals surface area (Å²) in [7, 11) is 3.71. The van der Waals surface area contributed by atoms with Crippen LogP contribution in [0.2, 0.25) is 0 Å². The molecule has 0 bridgehead atoms. The van der Waals surface area contributed by atoms with Gasteiger partial charge in [-0.05, 0) is 39.9 Å². The maximum atomic E-state index is 10.1. The lowest BCUT2D eigenvalue weighted by Gasteiger charge is -2.15. The molecule has 6 nitrogen and oxygen atoms in total. The van der Waals surface area contributed by atoms with Gasteiger partial charge in [-0.3, -0.25) is 9.69 Å². The van der Waals surface area contributed by atoms with Crippen LogP contribution < -0.4 is 11.5 Å². The minimum Gasteiger partial charge on any atom is -0.480 e. The number of carbonyl (C=O) groups is 1. The smallest absolute Gasteiger partial charge is 0.320 e. The quantitative estimate of drug-likeness (QED) is 0.367. The first kappa shape index (κ1) is 18.7. The van der Waals surface area contributed by atoms with Crippen molar-refractivity contribution in [3.63, 3.8) is 0 Å². The second kappa shape index (κ2) is 11.8. The largest absolute Gasteiger partial charge is 0.480 e. The first-order valence-corrected chi connectivity index (χ1v) is 5.89. The number of aliphatic hydroxyl groups is 1. The first-order valence-electron chi connectivity index (χ1n) is 5.89. The molecule has 0 saturated heterocycles. The fourth-order valence-electron chi connectivity index (χ4n) is 0.997. The summed E-state index contributed by atoms with van der Waals surface area (Å²) in [6.45, 7) is 2.55. The Labute approximate surface area is 104 Å². The normalized spacial score (nSPS) is 13.8. The molecule has 6 N–H and O–H groups in total. The molecule has 2 atom stereocenters. The number of hydrogen-bond acceptors (Lipinski definition) is 5. The predicted octanol–water partition coefficient (Wildman–Crippen LogP) is -0.196. The molecule has 0 aromatic carbocycles. The number of hydrogen-bond donors (Lipinski definition) is 4. The Hall–Kier alpha value is -0.690. The molecule has 0 fully saturated rings. The van der Waals surface area contributed by atoms with Gasteiger partial charge in [0, 0.05) is 0 Å². The third kappa shape index (κ3) is 13.2. The minimum absolute atomic E-state index is 0.264. The molecule has 0 amide bonds. The second-order valence-electron chi connectivity index (χ2n) is 4.08. The van der Waals surface area contributed by atoms with Gasteiger partial charge in [0.05, 0.1) is 0 Å². The minimum atomic E-state index is -0.933. The Morgan fingerprint density at radius 3 is 2.12 bits per heavy atom. The highest BCUT2D eigenvalue weighted by molar-refractivity contribution is 5.72. The zero-order valence-electron chi connectivity index (χ0n) is 11.1. The maximum Gasteiger partial charge on any atom is 0.320 e. The van der Waals surface area contributed by atoms with Crippen molar-refractivity contribution < 1.29 is 15.0 Å². The average molecular weight is 249 g/mol. The third-order valence-corrected chi connectivity index (χ3v) is 2.25. The van der Waals surface area contributed by atoms with Gasteiger partial charge in [-0.2, -0.15) is 0 Å². The fraction of sp³-hybridized carbons (Fsp3) is 0.909. The second-order valence-corrected chi connectivity index (χ2v) is 4.08. The molecule has 6 heteroatoms. The van der Waals surface area contributed by atoms with Crippen LogP contribution in [0.15, 0.2) is 0 Å². The third-order valence-electron chi connectivity index (χ3n) is 2.25. The summed E-state index contributed by atoms with van der Waals surface area (Å²) in [4.78, 5) is 11.9. The molecule has 104 valence electrons. The van der Waals surface area contributed by atoms with Crippen molar-refractivity contribution in [2.75, 3.05) is 20.6 Å². The maximum absolute atomic E-state index is 10.1. The summed E-state index contributed by atoms with van der Waals surface area (Å²) in [5.41, 5.74) is 10.4. The van der Waals surface area contributed by atoms with Gasteiger partial charge in [-0.25, -0.2) is 0 Å². The van der Waals surface area contributed by atoms with Crippen LogP contribution in [0.4, 0.5) is 0 Å². The summed E-state index contributed by atoms with van der Waals surface area (Å²) in [6.07, 6.45) is 2.70. The van der Waals surface area contributed by atoms with Crippen LogP contribution in [0.25, 0.3) is 0 Å². The van der Waals surface area contributed by atoms with E-state index in [1.165, 1.54) is 0 Å². The Morgan fingerprint density at radius 2 is 1.88 bits per heavy atom. The molecule has 0 aliphatic heterocycles. The van der Waals surface area contributed by atoms with Gasteiger partial charge in [0.2, 0.25) is 0 Å². The van der Waals surface area contributed by atoms with Gasteiger partial charge in [-0.1, -0.05) is 13.3 Å². The number of rotatable bonds is 7. The molecular formula is C11H27N3O3. The molecule has 0 aliphatic carbocycles. The topological polar surface area (TPSA) is 113 Å². The summed E-state index contributed by atoms with van der Waals surface area (Å²) < 4.78 is 0. The lowest BCUT2D eigenvalue weighted by atomic mass is 10.1. The van der Waals surface area contributed by atoms with E-state index in [-0.39, 0.29) is 6.23 Å². The summed E-state index contributed by atoms with van der Waals surface area (Å²) in [5, 5.41) is 17.2. The van der Waals surface area contributed by atoms with Gasteiger partial charge in [0.25, 0.3) is 0 Å². The Balaban J connectivity index is 0. The van der Waals surface area contributed by atoms with Crippen LogP contribution in [0.3, 0.4) is 0 Å². The molecule has 0 radical (unpaired) electrons. The van der Waals surface area contributed by atoms with Crippen molar-refractivity contribution in [3.05, 3.63) is 0 Å².